The van der Waals surface area contributed by atoms with Crippen molar-refractivity contribution in [3.05, 3.63) is 137 Å². The standard InChI is InChI=1S/C39H41NO3/c1-39(2,3)43-38(41)40-24-22-30(23-25-40)29-14-16-32(17-15-29)37-35(31-12-8-5-9-13-31)20-18-33-26-34(19-21-36(33)37)42-27-28-10-6-4-7-11-28/h4-17,19,21,26,30H,18,20,22-25,27H2,1-3H3. The number of aryl methyl sites for hydroxylation is 1. The van der Waals surface area contributed by atoms with Crippen LogP contribution in [-0.2, 0) is 17.8 Å². The molecule has 0 radical (unpaired) electrons. The lowest BCUT2D eigenvalue weighted by atomic mass is 9.79. The Morgan fingerprint density at radius 3 is 2.14 bits per heavy atom. The van der Waals surface area contributed by atoms with E-state index in [0.29, 0.717) is 12.5 Å². The van der Waals surface area contributed by atoms with Gasteiger partial charge >= 0.3 is 6.09 Å². The van der Waals surface area contributed by atoms with Crippen LogP contribution >= 0.6 is 0 Å². The summed E-state index contributed by atoms with van der Waals surface area (Å²) in [6.07, 6.45) is 3.67. The molecule has 1 heterocycles. The first-order valence-electron chi connectivity index (χ1n) is 15.5. The molecule has 4 heteroatoms. The van der Waals surface area contributed by atoms with Gasteiger partial charge in [-0.3, -0.25) is 0 Å². The number of ether oxygens (including phenoxy) is 2. The number of hydrogen-bond donors (Lipinski definition) is 0. The summed E-state index contributed by atoms with van der Waals surface area (Å²) in [5.74, 6) is 1.36. The summed E-state index contributed by atoms with van der Waals surface area (Å²) >= 11 is 0. The van der Waals surface area contributed by atoms with Gasteiger partial charge in [-0.1, -0.05) is 91.0 Å². The Morgan fingerprint density at radius 1 is 0.791 bits per heavy atom. The van der Waals surface area contributed by atoms with Gasteiger partial charge in [-0.05, 0) is 109 Å². The molecule has 43 heavy (non-hydrogen) atoms. The van der Waals surface area contributed by atoms with Crippen LogP contribution in [0.15, 0.2) is 103 Å². The highest BCUT2D eigenvalue weighted by molar-refractivity contribution is 6.00. The Hall–Kier alpha value is -4.31. The maximum absolute atomic E-state index is 12.5. The van der Waals surface area contributed by atoms with Crippen molar-refractivity contribution in [2.24, 2.45) is 0 Å². The lowest BCUT2D eigenvalue weighted by Crippen LogP contribution is -2.41. The van der Waals surface area contributed by atoms with Gasteiger partial charge in [0.2, 0.25) is 0 Å². The molecule has 1 saturated heterocycles. The summed E-state index contributed by atoms with van der Waals surface area (Å²) in [5, 5.41) is 0. The number of carbonyl (C=O) groups excluding carboxylic acids is 1. The van der Waals surface area contributed by atoms with E-state index in [1.165, 1.54) is 44.5 Å². The van der Waals surface area contributed by atoms with Crippen molar-refractivity contribution in [3.8, 4) is 5.75 Å². The molecular formula is C39H41NO3. The van der Waals surface area contributed by atoms with E-state index in [4.69, 9.17) is 9.47 Å². The SMILES string of the molecule is CC(C)(C)OC(=O)N1CCC(c2ccc(C3=C(c4ccccc4)CCc4cc(OCc5ccccc5)ccc43)cc2)CC1. The number of likely N-dealkylation sites (tertiary alicyclic amines) is 1. The first-order valence-corrected chi connectivity index (χ1v) is 15.5. The monoisotopic (exact) mass is 571 g/mol. The van der Waals surface area contributed by atoms with E-state index in [0.717, 1.165) is 44.5 Å². The molecule has 4 nitrogen and oxygen atoms in total. The van der Waals surface area contributed by atoms with Crippen LogP contribution in [0.25, 0.3) is 11.1 Å². The van der Waals surface area contributed by atoms with E-state index in [2.05, 4.69) is 84.9 Å². The number of allylic oxidation sites excluding steroid dienone is 1. The molecule has 0 N–H and O–H groups in total. The van der Waals surface area contributed by atoms with Crippen molar-refractivity contribution in [2.45, 2.75) is 64.6 Å². The van der Waals surface area contributed by atoms with Gasteiger partial charge in [-0.2, -0.15) is 0 Å². The second-order valence-corrected chi connectivity index (χ2v) is 12.7. The highest BCUT2D eigenvalue weighted by Crippen LogP contribution is 2.42. The number of rotatable bonds is 6. The summed E-state index contributed by atoms with van der Waals surface area (Å²) in [4.78, 5) is 14.4. The number of hydrogen-bond acceptors (Lipinski definition) is 3. The third-order valence-electron chi connectivity index (χ3n) is 8.48. The Bertz CT molecular complexity index is 1580. The molecule has 1 aliphatic heterocycles. The molecule has 6 rings (SSSR count). The van der Waals surface area contributed by atoms with Gasteiger partial charge in [-0.25, -0.2) is 4.79 Å². The number of nitrogens with zero attached hydrogens (tertiary/aromatic N) is 1. The molecule has 0 atom stereocenters. The van der Waals surface area contributed by atoms with Gasteiger partial charge in [0.1, 0.15) is 18.0 Å². The Labute approximate surface area is 256 Å². The number of amides is 1. The maximum atomic E-state index is 12.5. The van der Waals surface area contributed by atoms with E-state index < -0.39 is 5.60 Å². The van der Waals surface area contributed by atoms with Crippen LogP contribution in [0.4, 0.5) is 4.79 Å². The summed E-state index contributed by atoms with van der Waals surface area (Å²) in [7, 11) is 0. The fraction of sp³-hybridized carbons (Fsp3) is 0.308. The minimum Gasteiger partial charge on any atom is -0.489 e. The van der Waals surface area contributed by atoms with Gasteiger partial charge in [0, 0.05) is 13.1 Å². The molecule has 0 spiro atoms. The van der Waals surface area contributed by atoms with Gasteiger partial charge in [0.15, 0.2) is 0 Å². The molecule has 0 unspecified atom stereocenters. The largest absolute Gasteiger partial charge is 0.489 e. The van der Waals surface area contributed by atoms with E-state index in [1.807, 2.05) is 43.9 Å². The second kappa shape index (κ2) is 12.5. The zero-order chi connectivity index (χ0) is 29.8. The first-order chi connectivity index (χ1) is 20.8. The van der Waals surface area contributed by atoms with Gasteiger partial charge in [0.05, 0.1) is 0 Å². The van der Waals surface area contributed by atoms with E-state index in [9.17, 15) is 4.79 Å². The highest BCUT2D eigenvalue weighted by Gasteiger charge is 2.28. The van der Waals surface area contributed by atoms with Crippen molar-refractivity contribution < 1.29 is 14.3 Å². The van der Waals surface area contributed by atoms with E-state index >= 15 is 0 Å². The summed E-state index contributed by atoms with van der Waals surface area (Å²) in [6.45, 7) is 7.78. The Balaban J connectivity index is 1.23. The Morgan fingerprint density at radius 2 is 1.47 bits per heavy atom. The zero-order valence-corrected chi connectivity index (χ0v) is 25.5. The van der Waals surface area contributed by atoms with Crippen LogP contribution < -0.4 is 4.74 Å². The quantitative estimate of drug-likeness (QED) is 0.231. The fourth-order valence-electron chi connectivity index (χ4n) is 6.30. The van der Waals surface area contributed by atoms with Crippen molar-refractivity contribution in [1.82, 2.24) is 4.90 Å². The average Bonchev–Trinajstić information content (AvgIpc) is 3.03. The third-order valence-corrected chi connectivity index (χ3v) is 8.48. The first kappa shape index (κ1) is 28.8. The summed E-state index contributed by atoms with van der Waals surface area (Å²) < 4.78 is 11.8. The van der Waals surface area contributed by atoms with Crippen molar-refractivity contribution in [3.63, 3.8) is 0 Å². The molecule has 1 amide bonds. The predicted molar refractivity (Wildman–Crippen MR) is 174 cm³/mol. The van der Waals surface area contributed by atoms with Gasteiger partial charge < -0.3 is 14.4 Å². The molecule has 2 aliphatic rings. The number of piperidine rings is 1. The topological polar surface area (TPSA) is 38.8 Å². The number of benzene rings is 4. The molecule has 0 aromatic heterocycles. The highest BCUT2D eigenvalue weighted by atomic mass is 16.6. The van der Waals surface area contributed by atoms with Crippen LogP contribution in [0.1, 0.15) is 79.3 Å². The van der Waals surface area contributed by atoms with Crippen molar-refractivity contribution in [1.29, 1.82) is 0 Å². The van der Waals surface area contributed by atoms with E-state index in [-0.39, 0.29) is 6.09 Å². The van der Waals surface area contributed by atoms with E-state index in [1.54, 1.807) is 0 Å². The molecule has 220 valence electrons. The molecule has 0 saturated carbocycles. The number of carbonyl (C=O) groups is 1. The lowest BCUT2D eigenvalue weighted by Gasteiger charge is -2.33. The van der Waals surface area contributed by atoms with Crippen molar-refractivity contribution >= 4 is 17.2 Å². The molecule has 1 aliphatic carbocycles. The molecule has 0 bridgehead atoms. The maximum Gasteiger partial charge on any atom is 0.410 e. The van der Waals surface area contributed by atoms with Crippen LogP contribution in [0.3, 0.4) is 0 Å². The summed E-state index contributed by atoms with van der Waals surface area (Å²) in [6, 6.07) is 36.9. The van der Waals surface area contributed by atoms with Crippen LogP contribution in [-0.4, -0.2) is 29.7 Å². The Kier molecular flexibility index (Phi) is 8.38. The number of fused-ring (bicyclic) bond motifs is 1. The minimum atomic E-state index is -0.467. The minimum absolute atomic E-state index is 0.203. The normalized spacial score (nSPS) is 15.7. The third kappa shape index (κ3) is 6.85. The molecule has 1 fully saturated rings. The molecule has 4 aromatic rings. The van der Waals surface area contributed by atoms with Crippen LogP contribution in [0, 0.1) is 0 Å². The van der Waals surface area contributed by atoms with Crippen LogP contribution in [0.5, 0.6) is 5.75 Å². The predicted octanol–water partition coefficient (Wildman–Crippen LogP) is 9.29. The zero-order valence-electron chi connectivity index (χ0n) is 25.5. The van der Waals surface area contributed by atoms with Gasteiger partial charge in [0.25, 0.3) is 0 Å². The van der Waals surface area contributed by atoms with Crippen molar-refractivity contribution in [2.75, 3.05) is 13.1 Å². The average molecular weight is 572 g/mol. The fourth-order valence-corrected chi connectivity index (χ4v) is 6.30. The van der Waals surface area contributed by atoms with Crippen LogP contribution in [0.2, 0.25) is 0 Å². The smallest absolute Gasteiger partial charge is 0.410 e. The second-order valence-electron chi connectivity index (χ2n) is 12.7. The molecule has 4 aromatic carbocycles. The lowest BCUT2D eigenvalue weighted by molar-refractivity contribution is 0.0205. The molecular weight excluding hydrogens is 530 g/mol. The summed E-state index contributed by atoms with van der Waals surface area (Å²) in [5.41, 5.74) is 9.90. The van der Waals surface area contributed by atoms with Gasteiger partial charge in [-0.15, -0.1) is 0 Å².